The molecule has 0 saturated heterocycles. The highest BCUT2D eigenvalue weighted by molar-refractivity contribution is 9.10. The number of ether oxygens (including phenoxy) is 1. The zero-order valence-corrected chi connectivity index (χ0v) is 14.5. The van der Waals surface area contributed by atoms with Gasteiger partial charge in [-0.1, -0.05) is 36.4 Å². The number of hydrogen-bond acceptors (Lipinski definition) is 2. The summed E-state index contributed by atoms with van der Waals surface area (Å²) in [6.07, 6.45) is 3.51. The summed E-state index contributed by atoms with van der Waals surface area (Å²) in [4.78, 5) is 4.81. The molecule has 2 aromatic heterocycles. The molecule has 0 bridgehead atoms. The van der Waals surface area contributed by atoms with Crippen LogP contribution in [0, 0.1) is 6.92 Å². The third-order valence-corrected chi connectivity index (χ3v) is 4.90. The highest BCUT2D eigenvalue weighted by Crippen LogP contribution is 2.34. The molecule has 0 amide bonds. The van der Waals surface area contributed by atoms with Crippen LogP contribution in [0.25, 0.3) is 33.4 Å². The van der Waals surface area contributed by atoms with Gasteiger partial charge in [0.25, 0.3) is 0 Å². The van der Waals surface area contributed by atoms with E-state index in [1.165, 1.54) is 16.3 Å². The minimum absolute atomic E-state index is 0.853. The van der Waals surface area contributed by atoms with Crippen molar-refractivity contribution in [1.82, 2.24) is 9.38 Å². The van der Waals surface area contributed by atoms with Gasteiger partial charge in [-0.15, -0.1) is 0 Å². The number of imidazole rings is 1. The molecular formula is C19H15BrN2O. The first-order valence-electron chi connectivity index (χ1n) is 7.39. The summed E-state index contributed by atoms with van der Waals surface area (Å²) in [5, 5.41) is 3.64. The number of rotatable bonds is 2. The van der Waals surface area contributed by atoms with Gasteiger partial charge in [0.05, 0.1) is 24.6 Å². The second-order valence-electron chi connectivity index (χ2n) is 5.50. The number of nitrogens with zero attached hydrogens (tertiary/aromatic N) is 2. The first-order chi connectivity index (χ1) is 11.2. The summed E-state index contributed by atoms with van der Waals surface area (Å²) in [5.74, 6) is 0. The van der Waals surface area contributed by atoms with E-state index in [1.807, 2.05) is 6.08 Å². The van der Waals surface area contributed by atoms with E-state index in [0.717, 1.165) is 26.8 Å². The Morgan fingerprint density at radius 1 is 1.09 bits per heavy atom. The lowest BCUT2D eigenvalue weighted by Crippen LogP contribution is -1.93. The first-order valence-corrected chi connectivity index (χ1v) is 8.19. The molecule has 23 heavy (non-hydrogen) atoms. The monoisotopic (exact) mass is 366 g/mol. The second-order valence-corrected chi connectivity index (χ2v) is 6.25. The molecule has 3 nitrogen and oxygen atoms in total. The molecule has 0 radical (unpaired) electrons. The Morgan fingerprint density at radius 2 is 1.87 bits per heavy atom. The van der Waals surface area contributed by atoms with Crippen LogP contribution in [0.3, 0.4) is 0 Å². The van der Waals surface area contributed by atoms with Crippen molar-refractivity contribution in [2.24, 2.45) is 0 Å². The number of fused-ring (bicyclic) bond motifs is 6. The fourth-order valence-electron chi connectivity index (χ4n) is 3.14. The van der Waals surface area contributed by atoms with E-state index in [1.54, 1.807) is 13.4 Å². The summed E-state index contributed by atoms with van der Waals surface area (Å²) in [7, 11) is 1.63. The Kier molecular flexibility index (Phi) is 3.34. The smallest absolute Gasteiger partial charge is 0.146 e. The van der Waals surface area contributed by atoms with E-state index in [9.17, 15) is 0 Å². The highest BCUT2D eigenvalue weighted by Gasteiger charge is 2.15. The van der Waals surface area contributed by atoms with Crippen LogP contribution in [-0.2, 0) is 4.74 Å². The van der Waals surface area contributed by atoms with Crippen LogP contribution >= 0.6 is 15.9 Å². The molecule has 4 aromatic rings. The number of halogens is 1. The van der Waals surface area contributed by atoms with Gasteiger partial charge < -0.3 is 4.74 Å². The van der Waals surface area contributed by atoms with Gasteiger partial charge in [-0.2, -0.15) is 0 Å². The Morgan fingerprint density at radius 3 is 2.65 bits per heavy atom. The van der Waals surface area contributed by atoms with Crippen LogP contribution in [0.1, 0.15) is 11.3 Å². The van der Waals surface area contributed by atoms with E-state index in [2.05, 4.69) is 69.7 Å². The normalized spacial score (nSPS) is 12.0. The lowest BCUT2D eigenvalue weighted by atomic mass is 10.0. The van der Waals surface area contributed by atoms with Gasteiger partial charge in [-0.3, -0.25) is 4.40 Å². The van der Waals surface area contributed by atoms with Gasteiger partial charge in [0.2, 0.25) is 0 Å². The number of pyridine rings is 1. The maximum atomic E-state index is 5.04. The van der Waals surface area contributed by atoms with Crippen LogP contribution in [0.2, 0.25) is 0 Å². The summed E-state index contributed by atoms with van der Waals surface area (Å²) in [6, 6.07) is 14.8. The molecule has 0 aliphatic carbocycles. The van der Waals surface area contributed by atoms with Crippen molar-refractivity contribution in [1.29, 1.82) is 0 Å². The fourth-order valence-corrected chi connectivity index (χ4v) is 3.72. The fraction of sp³-hybridized carbons (Fsp3) is 0.105. The Hall–Kier alpha value is -2.33. The van der Waals surface area contributed by atoms with E-state index in [0.29, 0.717) is 0 Å². The van der Waals surface area contributed by atoms with Gasteiger partial charge in [0, 0.05) is 16.8 Å². The quantitative estimate of drug-likeness (QED) is 0.354. The maximum Gasteiger partial charge on any atom is 0.146 e. The summed E-state index contributed by atoms with van der Waals surface area (Å²) in [6.45, 7) is 2.15. The average Bonchev–Trinajstić information content (AvgIpc) is 2.90. The van der Waals surface area contributed by atoms with Crippen LogP contribution < -0.4 is 0 Å². The van der Waals surface area contributed by atoms with Crippen molar-refractivity contribution in [3.63, 3.8) is 0 Å². The van der Waals surface area contributed by atoms with Crippen LogP contribution in [0.15, 0.2) is 53.3 Å². The zero-order chi connectivity index (χ0) is 16.0. The van der Waals surface area contributed by atoms with Gasteiger partial charge in [-0.25, -0.2) is 4.98 Å². The molecule has 2 aromatic carbocycles. The largest absolute Gasteiger partial charge is 0.504 e. The lowest BCUT2D eigenvalue weighted by Gasteiger charge is -2.10. The third-order valence-electron chi connectivity index (χ3n) is 4.14. The van der Waals surface area contributed by atoms with Gasteiger partial charge in [0.15, 0.2) is 0 Å². The molecule has 0 fully saturated rings. The van der Waals surface area contributed by atoms with Gasteiger partial charge in [0.1, 0.15) is 10.3 Å². The standard InChI is InChI=1S/C19H15BrN2O/c1-12-6-5-9-16-17(12)13-7-3-4-8-14(13)19-21-15(10-11-23-2)18(20)22(16)19/h3-11H,1-2H3/b11-10+. The third kappa shape index (κ3) is 2.05. The summed E-state index contributed by atoms with van der Waals surface area (Å²) < 4.78 is 8.14. The number of aromatic nitrogens is 2. The van der Waals surface area contributed by atoms with Crippen LogP contribution in [-0.4, -0.2) is 16.5 Å². The van der Waals surface area contributed by atoms with Gasteiger partial charge in [-0.05, 0) is 39.9 Å². The summed E-state index contributed by atoms with van der Waals surface area (Å²) >= 11 is 3.71. The van der Waals surface area contributed by atoms with Crippen LogP contribution in [0.5, 0.6) is 0 Å². The molecular weight excluding hydrogens is 352 g/mol. The van der Waals surface area contributed by atoms with E-state index < -0.39 is 0 Å². The number of benzene rings is 2. The summed E-state index contributed by atoms with van der Waals surface area (Å²) in [5.41, 5.74) is 4.21. The predicted octanol–water partition coefficient (Wildman–Crippen LogP) is 5.33. The molecule has 2 heterocycles. The van der Waals surface area contributed by atoms with Crippen molar-refractivity contribution < 1.29 is 4.74 Å². The van der Waals surface area contributed by atoms with E-state index >= 15 is 0 Å². The first kappa shape index (κ1) is 14.3. The maximum absolute atomic E-state index is 5.04. The van der Waals surface area contributed by atoms with E-state index in [-0.39, 0.29) is 0 Å². The van der Waals surface area contributed by atoms with Crippen molar-refractivity contribution >= 4 is 49.3 Å². The molecule has 114 valence electrons. The molecule has 0 aliphatic heterocycles. The Labute approximate surface area is 142 Å². The SMILES string of the molecule is CO/C=C/c1nc2c3ccccc3c3c(C)cccc3n2c1Br. The highest BCUT2D eigenvalue weighted by atomic mass is 79.9. The van der Waals surface area contributed by atoms with Crippen molar-refractivity contribution in [2.45, 2.75) is 6.92 Å². The topological polar surface area (TPSA) is 26.5 Å². The molecule has 4 rings (SSSR count). The molecule has 4 heteroatoms. The Bertz CT molecular complexity index is 1080. The van der Waals surface area contributed by atoms with E-state index in [4.69, 9.17) is 9.72 Å². The van der Waals surface area contributed by atoms with Crippen molar-refractivity contribution in [3.8, 4) is 0 Å². The van der Waals surface area contributed by atoms with Crippen molar-refractivity contribution in [2.75, 3.05) is 7.11 Å². The molecule has 0 aliphatic rings. The molecule has 0 spiro atoms. The second kappa shape index (κ2) is 5.39. The average molecular weight is 367 g/mol. The Balaban J connectivity index is 2.29. The van der Waals surface area contributed by atoms with Crippen LogP contribution in [0.4, 0.5) is 0 Å². The number of hydrogen-bond donors (Lipinski definition) is 0. The molecule has 0 N–H and O–H groups in total. The minimum atomic E-state index is 0.853. The van der Waals surface area contributed by atoms with Gasteiger partial charge >= 0.3 is 0 Å². The predicted molar refractivity (Wildman–Crippen MR) is 98.7 cm³/mol. The van der Waals surface area contributed by atoms with Crippen molar-refractivity contribution in [3.05, 3.63) is 64.6 Å². The number of methoxy groups -OCH3 is 1. The lowest BCUT2D eigenvalue weighted by molar-refractivity contribution is 0.341. The molecule has 0 atom stereocenters. The minimum Gasteiger partial charge on any atom is -0.504 e. The number of aryl methyl sites for hydroxylation is 1. The molecule has 0 saturated carbocycles. The molecule has 0 unspecified atom stereocenters. The zero-order valence-electron chi connectivity index (χ0n) is 12.9.